The first-order chi connectivity index (χ1) is 9.61. The van der Waals surface area contributed by atoms with Crippen LogP contribution in [0.3, 0.4) is 0 Å². The van der Waals surface area contributed by atoms with Gasteiger partial charge in [-0.3, -0.25) is 4.79 Å². The van der Waals surface area contributed by atoms with Gasteiger partial charge in [-0.05, 0) is 31.0 Å². The van der Waals surface area contributed by atoms with Crippen LogP contribution in [0.4, 0.5) is 0 Å². The number of para-hydroxylation sites is 1. The highest BCUT2D eigenvalue weighted by molar-refractivity contribution is 5.74. The zero-order valence-electron chi connectivity index (χ0n) is 11.9. The highest BCUT2D eigenvalue weighted by atomic mass is 16.4. The number of benzene rings is 1. The van der Waals surface area contributed by atoms with E-state index < -0.39 is 11.4 Å². The molecule has 0 spiro atoms. The zero-order chi connectivity index (χ0) is 14.6. The number of hydrogen-bond acceptors (Lipinski definition) is 2. The van der Waals surface area contributed by atoms with Crippen LogP contribution in [0.5, 0.6) is 0 Å². The van der Waals surface area contributed by atoms with Crippen molar-refractivity contribution in [2.24, 2.45) is 5.41 Å². The van der Waals surface area contributed by atoms with Gasteiger partial charge in [0.05, 0.1) is 16.8 Å². The van der Waals surface area contributed by atoms with Gasteiger partial charge in [-0.2, -0.15) is 5.10 Å². The van der Waals surface area contributed by atoms with E-state index in [1.165, 1.54) is 0 Å². The first-order valence-electron chi connectivity index (χ1n) is 6.94. The zero-order valence-corrected chi connectivity index (χ0v) is 11.9. The maximum atomic E-state index is 11.5. The Hall–Kier alpha value is -2.10. The van der Waals surface area contributed by atoms with Crippen LogP contribution in [-0.4, -0.2) is 20.9 Å². The van der Waals surface area contributed by atoms with Crippen LogP contribution in [0, 0.1) is 5.41 Å². The molecular weight excluding hydrogens is 252 g/mol. The largest absolute Gasteiger partial charge is 0.481 e. The molecule has 2 rings (SSSR count). The average Bonchev–Trinajstić information content (AvgIpc) is 2.94. The molecule has 1 N–H and O–H groups in total. The van der Waals surface area contributed by atoms with Crippen molar-refractivity contribution in [1.29, 1.82) is 0 Å². The SMILES string of the molecule is CCC(CC)(Cc1ccn(-c2ccccc2)n1)C(=O)O. The Balaban J connectivity index is 2.23. The molecule has 0 radical (unpaired) electrons. The molecule has 106 valence electrons. The van der Waals surface area contributed by atoms with Gasteiger partial charge in [-0.25, -0.2) is 4.68 Å². The van der Waals surface area contributed by atoms with Crippen molar-refractivity contribution >= 4 is 5.97 Å². The van der Waals surface area contributed by atoms with Crippen molar-refractivity contribution in [1.82, 2.24) is 9.78 Å². The maximum absolute atomic E-state index is 11.5. The van der Waals surface area contributed by atoms with E-state index in [1.807, 2.05) is 56.4 Å². The van der Waals surface area contributed by atoms with Gasteiger partial charge in [0.15, 0.2) is 0 Å². The Morgan fingerprint density at radius 2 is 1.85 bits per heavy atom. The third-order valence-electron chi connectivity index (χ3n) is 3.99. The van der Waals surface area contributed by atoms with E-state index in [0.717, 1.165) is 11.4 Å². The second-order valence-electron chi connectivity index (χ2n) is 5.06. The van der Waals surface area contributed by atoms with Crippen LogP contribution in [0.15, 0.2) is 42.6 Å². The molecule has 0 fully saturated rings. The summed E-state index contributed by atoms with van der Waals surface area (Å²) in [6, 6.07) is 11.7. The van der Waals surface area contributed by atoms with Crippen LogP contribution >= 0.6 is 0 Å². The molecule has 0 saturated heterocycles. The monoisotopic (exact) mass is 272 g/mol. The number of hydrogen-bond donors (Lipinski definition) is 1. The lowest BCUT2D eigenvalue weighted by Crippen LogP contribution is -2.32. The lowest BCUT2D eigenvalue weighted by molar-refractivity contribution is -0.149. The first kappa shape index (κ1) is 14.3. The average molecular weight is 272 g/mol. The predicted octanol–water partition coefficient (Wildman–Crippen LogP) is 3.31. The van der Waals surface area contributed by atoms with Crippen molar-refractivity contribution in [2.45, 2.75) is 33.1 Å². The molecule has 1 aromatic carbocycles. The van der Waals surface area contributed by atoms with Gasteiger partial charge in [0.2, 0.25) is 0 Å². The maximum Gasteiger partial charge on any atom is 0.310 e. The number of aliphatic carboxylic acids is 1. The quantitative estimate of drug-likeness (QED) is 0.877. The highest BCUT2D eigenvalue weighted by Crippen LogP contribution is 2.31. The van der Waals surface area contributed by atoms with Gasteiger partial charge in [0.25, 0.3) is 0 Å². The summed E-state index contributed by atoms with van der Waals surface area (Å²) in [7, 11) is 0. The minimum Gasteiger partial charge on any atom is -0.481 e. The molecule has 0 aliphatic carbocycles. The van der Waals surface area contributed by atoms with Gasteiger partial charge in [0.1, 0.15) is 0 Å². The topological polar surface area (TPSA) is 55.1 Å². The number of aromatic nitrogens is 2. The van der Waals surface area contributed by atoms with Crippen molar-refractivity contribution in [3.05, 3.63) is 48.3 Å². The van der Waals surface area contributed by atoms with E-state index in [9.17, 15) is 9.90 Å². The lowest BCUT2D eigenvalue weighted by Gasteiger charge is -2.25. The molecule has 0 unspecified atom stereocenters. The molecule has 20 heavy (non-hydrogen) atoms. The van der Waals surface area contributed by atoms with E-state index >= 15 is 0 Å². The second kappa shape index (κ2) is 5.90. The van der Waals surface area contributed by atoms with Crippen LogP contribution < -0.4 is 0 Å². The first-order valence-corrected chi connectivity index (χ1v) is 6.94. The second-order valence-corrected chi connectivity index (χ2v) is 5.06. The summed E-state index contributed by atoms with van der Waals surface area (Å²) < 4.78 is 1.78. The Labute approximate surface area is 119 Å². The predicted molar refractivity (Wildman–Crippen MR) is 77.9 cm³/mol. The number of carbonyl (C=O) groups is 1. The van der Waals surface area contributed by atoms with Crippen LogP contribution in [0.25, 0.3) is 5.69 Å². The molecule has 4 heteroatoms. The van der Waals surface area contributed by atoms with Gasteiger partial charge < -0.3 is 5.11 Å². The van der Waals surface area contributed by atoms with E-state index in [0.29, 0.717) is 19.3 Å². The van der Waals surface area contributed by atoms with Gasteiger partial charge in [-0.15, -0.1) is 0 Å². The Morgan fingerprint density at radius 1 is 1.20 bits per heavy atom. The van der Waals surface area contributed by atoms with Gasteiger partial charge in [0, 0.05) is 12.6 Å². The summed E-state index contributed by atoms with van der Waals surface area (Å²) in [6.45, 7) is 3.84. The molecule has 1 heterocycles. The van der Waals surface area contributed by atoms with E-state index in [2.05, 4.69) is 5.10 Å². The van der Waals surface area contributed by atoms with E-state index in [1.54, 1.807) is 4.68 Å². The smallest absolute Gasteiger partial charge is 0.310 e. The summed E-state index contributed by atoms with van der Waals surface area (Å²) in [5.74, 6) is -0.739. The number of rotatable bonds is 6. The van der Waals surface area contributed by atoms with Crippen molar-refractivity contribution in [3.63, 3.8) is 0 Å². The Bertz CT molecular complexity index is 571. The summed E-state index contributed by atoms with van der Waals surface area (Å²) in [6.07, 6.45) is 3.56. The molecule has 1 aromatic heterocycles. The Kier molecular flexibility index (Phi) is 4.23. The minimum atomic E-state index is -0.739. The molecule has 0 saturated carbocycles. The summed E-state index contributed by atoms with van der Waals surface area (Å²) in [5.41, 5.74) is 1.09. The number of nitrogens with zero attached hydrogens (tertiary/aromatic N) is 2. The molecule has 0 amide bonds. The normalized spacial score (nSPS) is 11.5. The third-order valence-corrected chi connectivity index (χ3v) is 3.99. The van der Waals surface area contributed by atoms with Gasteiger partial charge >= 0.3 is 5.97 Å². The molecule has 4 nitrogen and oxygen atoms in total. The Morgan fingerprint density at radius 3 is 2.40 bits per heavy atom. The summed E-state index contributed by atoms with van der Waals surface area (Å²) >= 11 is 0. The molecular formula is C16H20N2O2. The molecule has 0 atom stereocenters. The highest BCUT2D eigenvalue weighted by Gasteiger charge is 2.35. The van der Waals surface area contributed by atoms with Gasteiger partial charge in [-0.1, -0.05) is 32.0 Å². The molecule has 2 aromatic rings. The fraction of sp³-hybridized carbons (Fsp3) is 0.375. The third kappa shape index (κ3) is 2.74. The van der Waals surface area contributed by atoms with E-state index in [-0.39, 0.29) is 0 Å². The summed E-state index contributed by atoms with van der Waals surface area (Å²) in [5, 5.41) is 14.0. The summed E-state index contributed by atoms with van der Waals surface area (Å²) in [4.78, 5) is 11.5. The van der Waals surface area contributed by atoms with Crippen molar-refractivity contribution in [2.75, 3.05) is 0 Å². The molecule has 0 aliphatic rings. The fourth-order valence-corrected chi connectivity index (χ4v) is 2.41. The number of carboxylic acids is 1. The van der Waals surface area contributed by atoms with Crippen molar-refractivity contribution in [3.8, 4) is 5.69 Å². The standard InChI is InChI=1S/C16H20N2O2/c1-3-16(4-2,15(19)20)12-13-10-11-18(17-13)14-8-6-5-7-9-14/h5-11H,3-4,12H2,1-2H3,(H,19,20). The van der Waals surface area contributed by atoms with Crippen molar-refractivity contribution < 1.29 is 9.90 Å². The van der Waals surface area contributed by atoms with Crippen LogP contribution in [-0.2, 0) is 11.2 Å². The molecule has 0 aliphatic heterocycles. The number of carboxylic acid groups (broad SMARTS) is 1. The fourth-order valence-electron chi connectivity index (χ4n) is 2.41. The van der Waals surface area contributed by atoms with Crippen LogP contribution in [0.1, 0.15) is 32.4 Å². The minimum absolute atomic E-state index is 0.467. The molecule has 0 bridgehead atoms. The van der Waals surface area contributed by atoms with Crippen LogP contribution in [0.2, 0.25) is 0 Å². The van der Waals surface area contributed by atoms with E-state index in [4.69, 9.17) is 0 Å². The lowest BCUT2D eigenvalue weighted by atomic mass is 9.78.